The molecule has 0 aliphatic carbocycles. The Hall–Kier alpha value is -1.40. The largest absolute Gasteiger partial charge is 0.307 e. The van der Waals surface area contributed by atoms with Gasteiger partial charge in [0.15, 0.2) is 0 Å². The maximum atomic E-state index is 6.13. The summed E-state index contributed by atoms with van der Waals surface area (Å²) in [5, 5.41) is 16.1. The van der Waals surface area contributed by atoms with Crippen LogP contribution in [0.25, 0.3) is 0 Å². The van der Waals surface area contributed by atoms with Crippen LogP contribution in [-0.4, -0.2) is 26.1 Å². The van der Waals surface area contributed by atoms with Gasteiger partial charge in [0.1, 0.15) is 11.4 Å². The number of nitrogens with one attached hydrogen (secondary N) is 1. The first-order valence-corrected chi connectivity index (χ1v) is 6.57. The van der Waals surface area contributed by atoms with Gasteiger partial charge in [-0.25, -0.2) is 4.63 Å². The molecule has 2 aromatic rings. The van der Waals surface area contributed by atoms with Crippen LogP contribution in [0, 0.1) is 20.8 Å². The highest BCUT2D eigenvalue weighted by Crippen LogP contribution is 2.19. The zero-order valence-corrected chi connectivity index (χ0v) is 12.3. The number of hydrogen-bond donors (Lipinski definition) is 1. The van der Waals surface area contributed by atoms with E-state index in [0.29, 0.717) is 6.54 Å². The van der Waals surface area contributed by atoms with E-state index >= 15 is 0 Å². The van der Waals surface area contributed by atoms with Crippen LogP contribution in [0.5, 0.6) is 0 Å². The second-order valence-electron chi connectivity index (χ2n) is 4.75. The Kier molecular flexibility index (Phi) is 4.21. The Bertz CT molecular complexity index is 562. The molecule has 0 radical (unpaired) electrons. The quantitative estimate of drug-likeness (QED) is 0.909. The molecule has 0 fully saturated rings. The smallest absolute Gasteiger partial charge is 0.121 e. The summed E-state index contributed by atoms with van der Waals surface area (Å²) < 4.78 is 6.58. The molecule has 0 saturated carbocycles. The van der Waals surface area contributed by atoms with E-state index in [1.807, 2.05) is 25.5 Å². The molecule has 1 atom stereocenters. The molecule has 0 amide bonds. The van der Waals surface area contributed by atoms with Crippen molar-refractivity contribution in [3.05, 3.63) is 27.8 Å². The van der Waals surface area contributed by atoms with Gasteiger partial charge in [0, 0.05) is 12.6 Å². The molecule has 0 saturated heterocycles. The normalized spacial score (nSPS) is 12.9. The number of hydrogen-bond acceptors (Lipinski definition) is 5. The molecule has 0 aliphatic rings. The summed E-state index contributed by atoms with van der Waals surface area (Å²) in [6.07, 6.45) is 0. The molecule has 2 aromatic heterocycles. The third-order valence-electron chi connectivity index (χ3n) is 3.10. The van der Waals surface area contributed by atoms with Crippen LogP contribution in [0.3, 0.4) is 0 Å². The van der Waals surface area contributed by atoms with E-state index in [2.05, 4.69) is 32.3 Å². The molecule has 6 nitrogen and oxygen atoms in total. The Labute approximate surface area is 117 Å². The number of aromatic nitrogens is 4. The second kappa shape index (κ2) is 5.71. The second-order valence-corrected chi connectivity index (χ2v) is 5.12. The van der Waals surface area contributed by atoms with E-state index in [-0.39, 0.29) is 6.04 Å². The van der Waals surface area contributed by atoms with Crippen LogP contribution in [0.1, 0.15) is 29.7 Å². The Balaban J connectivity index is 1.92. The van der Waals surface area contributed by atoms with Crippen LogP contribution >= 0.6 is 11.6 Å². The molecule has 1 N–H and O–H groups in total. The summed E-state index contributed by atoms with van der Waals surface area (Å²) in [6, 6.07) is 0.241. The first-order chi connectivity index (χ1) is 8.99. The summed E-state index contributed by atoms with van der Waals surface area (Å²) in [6.45, 7) is 9.23. The fourth-order valence-electron chi connectivity index (χ4n) is 1.86. The molecule has 7 heteroatoms. The van der Waals surface area contributed by atoms with Crippen molar-refractivity contribution in [2.75, 3.05) is 0 Å². The van der Waals surface area contributed by atoms with Gasteiger partial charge < -0.3 is 5.32 Å². The summed E-state index contributed by atoms with van der Waals surface area (Å²) in [4.78, 5) is 0. The standard InChI is InChI=1S/C12H18ClN5O/c1-7(14-5-11-8(2)16-19-17-11)6-18-10(4)12(13)9(3)15-18/h7,14H,5-6H2,1-4H3/t7-/m0/s1. The lowest BCUT2D eigenvalue weighted by molar-refractivity contribution is 0.299. The fourth-order valence-corrected chi connectivity index (χ4v) is 1.99. The highest BCUT2D eigenvalue weighted by molar-refractivity contribution is 6.31. The Morgan fingerprint density at radius 3 is 2.53 bits per heavy atom. The van der Waals surface area contributed by atoms with Crippen molar-refractivity contribution >= 4 is 11.6 Å². The van der Waals surface area contributed by atoms with E-state index in [1.54, 1.807) is 0 Å². The van der Waals surface area contributed by atoms with E-state index < -0.39 is 0 Å². The maximum absolute atomic E-state index is 6.13. The van der Waals surface area contributed by atoms with E-state index in [9.17, 15) is 0 Å². The topological polar surface area (TPSA) is 68.8 Å². The molecule has 0 bridgehead atoms. The third kappa shape index (κ3) is 3.13. The van der Waals surface area contributed by atoms with Gasteiger partial charge >= 0.3 is 0 Å². The molecule has 2 heterocycles. The molecular weight excluding hydrogens is 266 g/mol. The number of rotatable bonds is 5. The highest BCUT2D eigenvalue weighted by atomic mass is 35.5. The molecule has 104 valence electrons. The van der Waals surface area contributed by atoms with Crippen molar-refractivity contribution < 1.29 is 4.63 Å². The summed E-state index contributed by atoms with van der Waals surface area (Å²) in [5.41, 5.74) is 3.50. The average molecular weight is 284 g/mol. The van der Waals surface area contributed by atoms with Crippen LogP contribution < -0.4 is 5.32 Å². The minimum atomic E-state index is 0.241. The van der Waals surface area contributed by atoms with Crippen molar-refractivity contribution in [3.8, 4) is 0 Å². The fraction of sp³-hybridized carbons (Fsp3) is 0.583. The molecule has 0 unspecified atom stereocenters. The molecule has 2 rings (SSSR count). The summed E-state index contributed by atoms with van der Waals surface area (Å²) in [5.74, 6) is 0. The van der Waals surface area contributed by atoms with Crippen LogP contribution in [0.2, 0.25) is 5.02 Å². The van der Waals surface area contributed by atoms with Crippen molar-refractivity contribution in [1.29, 1.82) is 0 Å². The molecule has 0 spiro atoms. The van der Waals surface area contributed by atoms with Gasteiger partial charge in [0.05, 0.1) is 23.0 Å². The summed E-state index contributed by atoms with van der Waals surface area (Å²) >= 11 is 6.13. The van der Waals surface area contributed by atoms with Gasteiger partial charge in [0.2, 0.25) is 0 Å². The van der Waals surface area contributed by atoms with Crippen molar-refractivity contribution in [3.63, 3.8) is 0 Å². The first kappa shape index (κ1) is 14.0. The molecule has 0 aromatic carbocycles. The minimum Gasteiger partial charge on any atom is -0.307 e. The van der Waals surface area contributed by atoms with E-state index in [4.69, 9.17) is 11.6 Å². The first-order valence-electron chi connectivity index (χ1n) is 6.20. The Morgan fingerprint density at radius 2 is 2.00 bits per heavy atom. The zero-order valence-electron chi connectivity index (χ0n) is 11.6. The lowest BCUT2D eigenvalue weighted by atomic mass is 10.3. The number of nitrogens with zero attached hydrogens (tertiary/aromatic N) is 4. The predicted octanol–water partition coefficient (Wildman–Crippen LogP) is 2.02. The van der Waals surface area contributed by atoms with Gasteiger partial charge in [-0.2, -0.15) is 5.10 Å². The third-order valence-corrected chi connectivity index (χ3v) is 3.65. The SMILES string of the molecule is Cc1nonc1CN[C@@H](C)Cn1nc(C)c(Cl)c1C. The van der Waals surface area contributed by atoms with Crippen molar-refractivity contribution in [2.45, 2.75) is 46.8 Å². The lowest BCUT2D eigenvalue weighted by Crippen LogP contribution is -2.31. The van der Waals surface area contributed by atoms with Crippen LogP contribution in [0.15, 0.2) is 4.63 Å². The van der Waals surface area contributed by atoms with Crippen LogP contribution in [-0.2, 0) is 13.1 Å². The summed E-state index contributed by atoms with van der Waals surface area (Å²) in [7, 11) is 0. The van der Waals surface area contributed by atoms with Crippen LogP contribution in [0.4, 0.5) is 0 Å². The van der Waals surface area contributed by atoms with Crippen molar-refractivity contribution in [2.24, 2.45) is 0 Å². The maximum Gasteiger partial charge on any atom is 0.121 e. The molecular formula is C12H18ClN5O. The molecule has 0 aliphatic heterocycles. The highest BCUT2D eigenvalue weighted by Gasteiger charge is 2.12. The lowest BCUT2D eigenvalue weighted by Gasteiger charge is -2.14. The van der Waals surface area contributed by atoms with Crippen molar-refractivity contribution in [1.82, 2.24) is 25.4 Å². The predicted molar refractivity (Wildman–Crippen MR) is 72.0 cm³/mol. The van der Waals surface area contributed by atoms with Gasteiger partial charge in [0.25, 0.3) is 0 Å². The monoisotopic (exact) mass is 283 g/mol. The molecule has 19 heavy (non-hydrogen) atoms. The van der Waals surface area contributed by atoms with Gasteiger partial charge in [-0.1, -0.05) is 21.9 Å². The number of halogens is 1. The van der Waals surface area contributed by atoms with Gasteiger partial charge in [-0.3, -0.25) is 4.68 Å². The minimum absolute atomic E-state index is 0.241. The Morgan fingerprint density at radius 1 is 1.26 bits per heavy atom. The van der Waals surface area contributed by atoms with Gasteiger partial charge in [-0.15, -0.1) is 0 Å². The number of aryl methyl sites for hydroxylation is 2. The van der Waals surface area contributed by atoms with E-state index in [0.717, 1.165) is 34.3 Å². The average Bonchev–Trinajstić information content (AvgIpc) is 2.87. The van der Waals surface area contributed by atoms with Gasteiger partial charge in [-0.05, 0) is 27.7 Å². The zero-order chi connectivity index (χ0) is 14.0. The van der Waals surface area contributed by atoms with E-state index in [1.165, 1.54) is 0 Å².